The third-order valence-corrected chi connectivity index (χ3v) is 4.78. The predicted octanol–water partition coefficient (Wildman–Crippen LogP) is 1.01. The Kier molecular flexibility index (Phi) is 2.90. The number of hydrogen-bond donors (Lipinski definition) is 2. The fourth-order valence-electron chi connectivity index (χ4n) is 3.70. The first kappa shape index (κ1) is 11.8. The molecule has 4 heteroatoms. The van der Waals surface area contributed by atoms with Crippen molar-refractivity contribution in [2.45, 2.75) is 31.8 Å². The summed E-state index contributed by atoms with van der Waals surface area (Å²) < 4.78 is 2.03. The minimum Gasteiger partial charge on any atom is -0.353 e. The first-order valence-electron chi connectivity index (χ1n) is 6.80. The summed E-state index contributed by atoms with van der Waals surface area (Å²) >= 11 is 0. The molecule has 4 nitrogen and oxygen atoms in total. The number of carbonyl (C=O) groups is 1. The quantitative estimate of drug-likeness (QED) is 0.837. The lowest BCUT2D eigenvalue weighted by Gasteiger charge is -2.27. The van der Waals surface area contributed by atoms with Crippen LogP contribution in [0.2, 0.25) is 0 Å². The van der Waals surface area contributed by atoms with Crippen molar-refractivity contribution in [3.8, 4) is 0 Å². The van der Waals surface area contributed by atoms with Crippen LogP contribution in [0.25, 0.3) is 0 Å². The minimum absolute atomic E-state index is 0.0454. The van der Waals surface area contributed by atoms with Crippen LogP contribution in [-0.2, 0) is 18.4 Å². The number of hydrogen-bond acceptors (Lipinski definition) is 2. The molecule has 0 saturated heterocycles. The van der Waals surface area contributed by atoms with E-state index in [2.05, 4.69) is 5.32 Å². The number of amides is 1. The highest BCUT2D eigenvalue weighted by atomic mass is 16.1. The smallest absolute Gasteiger partial charge is 0.225 e. The Labute approximate surface area is 108 Å². The number of aryl methyl sites for hydroxylation is 1. The monoisotopic (exact) mass is 247 g/mol. The van der Waals surface area contributed by atoms with Crippen molar-refractivity contribution in [3.05, 3.63) is 24.0 Å². The number of rotatable bonds is 3. The fourth-order valence-corrected chi connectivity index (χ4v) is 3.70. The van der Waals surface area contributed by atoms with E-state index in [1.165, 1.54) is 12.8 Å². The first-order chi connectivity index (χ1) is 8.66. The zero-order valence-electron chi connectivity index (χ0n) is 10.8. The summed E-state index contributed by atoms with van der Waals surface area (Å²) in [6, 6.07) is 4.10. The number of carbonyl (C=O) groups excluding carboxylic acids is 1. The molecule has 0 aromatic carbocycles. The van der Waals surface area contributed by atoms with E-state index in [0.717, 1.165) is 12.1 Å². The molecule has 2 aliphatic carbocycles. The fraction of sp³-hybridized carbons (Fsp3) is 0.643. The molecule has 1 aromatic heterocycles. The molecule has 0 aliphatic heterocycles. The average molecular weight is 247 g/mol. The Morgan fingerprint density at radius 1 is 1.50 bits per heavy atom. The number of fused-ring (bicyclic) bond motifs is 2. The van der Waals surface area contributed by atoms with Crippen LogP contribution in [-0.4, -0.2) is 16.5 Å². The van der Waals surface area contributed by atoms with E-state index in [0.29, 0.717) is 18.4 Å². The molecular formula is C14H21N3O. The highest BCUT2D eigenvalue weighted by Crippen LogP contribution is 2.47. The normalized spacial score (nSPS) is 33.9. The Hall–Kier alpha value is -1.29. The number of aromatic nitrogens is 1. The molecule has 2 fully saturated rings. The predicted molar refractivity (Wildman–Crippen MR) is 69.6 cm³/mol. The Morgan fingerprint density at radius 2 is 2.28 bits per heavy atom. The molecule has 2 saturated carbocycles. The zero-order chi connectivity index (χ0) is 12.7. The molecule has 0 radical (unpaired) electrons. The summed E-state index contributed by atoms with van der Waals surface area (Å²) in [5.41, 5.74) is 7.30. The van der Waals surface area contributed by atoms with Gasteiger partial charge >= 0.3 is 0 Å². The highest BCUT2D eigenvalue weighted by Gasteiger charge is 2.48. The highest BCUT2D eigenvalue weighted by molar-refractivity contribution is 5.80. The Morgan fingerprint density at radius 3 is 2.89 bits per heavy atom. The largest absolute Gasteiger partial charge is 0.353 e. The van der Waals surface area contributed by atoms with Gasteiger partial charge in [0.2, 0.25) is 5.91 Å². The van der Waals surface area contributed by atoms with Crippen molar-refractivity contribution in [3.63, 3.8) is 0 Å². The van der Waals surface area contributed by atoms with Gasteiger partial charge in [0.15, 0.2) is 0 Å². The van der Waals surface area contributed by atoms with Crippen molar-refractivity contribution in [2.24, 2.45) is 30.5 Å². The third kappa shape index (κ3) is 1.85. The summed E-state index contributed by atoms with van der Waals surface area (Å²) in [7, 11) is 1.99. The van der Waals surface area contributed by atoms with Crippen LogP contribution in [0.15, 0.2) is 18.3 Å². The van der Waals surface area contributed by atoms with Gasteiger partial charge in [0.1, 0.15) is 0 Å². The van der Waals surface area contributed by atoms with Crippen LogP contribution < -0.4 is 11.1 Å². The van der Waals surface area contributed by atoms with Gasteiger partial charge in [-0.25, -0.2) is 0 Å². The van der Waals surface area contributed by atoms with Gasteiger partial charge in [0.05, 0.1) is 12.5 Å². The maximum atomic E-state index is 12.3. The lowest BCUT2D eigenvalue weighted by Crippen LogP contribution is -2.45. The molecule has 3 N–H and O–H groups in total. The number of nitrogens with zero attached hydrogens (tertiary/aromatic N) is 1. The second-order valence-electron chi connectivity index (χ2n) is 5.76. The second kappa shape index (κ2) is 4.43. The van der Waals surface area contributed by atoms with Crippen LogP contribution in [0.3, 0.4) is 0 Å². The maximum absolute atomic E-state index is 12.3. The van der Waals surface area contributed by atoms with E-state index >= 15 is 0 Å². The van der Waals surface area contributed by atoms with Crippen LogP contribution >= 0.6 is 0 Å². The van der Waals surface area contributed by atoms with E-state index in [1.54, 1.807) is 0 Å². The second-order valence-corrected chi connectivity index (χ2v) is 5.76. The van der Waals surface area contributed by atoms with Gasteiger partial charge in [-0.15, -0.1) is 0 Å². The van der Waals surface area contributed by atoms with Crippen LogP contribution in [0.4, 0.5) is 0 Å². The summed E-state index contributed by atoms with van der Waals surface area (Å²) in [5.74, 6) is 1.30. The van der Waals surface area contributed by atoms with Crippen LogP contribution in [0.5, 0.6) is 0 Å². The van der Waals surface area contributed by atoms with Crippen molar-refractivity contribution in [1.82, 2.24) is 9.88 Å². The molecule has 2 aliphatic rings. The number of nitrogens with two attached hydrogens (primary N) is 1. The molecule has 1 heterocycles. The van der Waals surface area contributed by atoms with E-state index in [1.807, 2.05) is 29.9 Å². The molecule has 4 atom stereocenters. The van der Waals surface area contributed by atoms with Crippen molar-refractivity contribution >= 4 is 5.91 Å². The van der Waals surface area contributed by atoms with Gasteiger partial charge in [-0.1, -0.05) is 0 Å². The summed E-state index contributed by atoms with van der Waals surface area (Å²) in [5, 5.41) is 3.04. The molecule has 2 bridgehead atoms. The Balaban J connectivity index is 1.61. The van der Waals surface area contributed by atoms with Crippen LogP contribution in [0, 0.1) is 17.8 Å². The molecule has 3 rings (SSSR count). The van der Waals surface area contributed by atoms with Gasteiger partial charge in [-0.05, 0) is 43.2 Å². The number of nitrogens with one attached hydrogen (secondary N) is 1. The van der Waals surface area contributed by atoms with Crippen molar-refractivity contribution in [2.75, 3.05) is 0 Å². The van der Waals surface area contributed by atoms with Gasteiger partial charge in [0.25, 0.3) is 0 Å². The molecular weight excluding hydrogens is 226 g/mol. The topological polar surface area (TPSA) is 60.0 Å². The standard InChI is InChI=1S/C14H21N3O/c1-17-6-2-3-11(17)8-16-14(18)12-9-4-5-10(7-9)13(12)15/h2-3,6,9-10,12-13H,4-5,7-8,15H2,1H3,(H,16,18). The average Bonchev–Trinajstić information content (AvgIpc) is 3.02. The maximum Gasteiger partial charge on any atom is 0.225 e. The van der Waals surface area contributed by atoms with Gasteiger partial charge in [-0.2, -0.15) is 0 Å². The van der Waals surface area contributed by atoms with E-state index in [-0.39, 0.29) is 17.9 Å². The van der Waals surface area contributed by atoms with E-state index in [4.69, 9.17) is 5.73 Å². The summed E-state index contributed by atoms with van der Waals surface area (Å²) in [6.07, 6.45) is 5.54. The zero-order valence-corrected chi connectivity index (χ0v) is 10.8. The third-order valence-electron chi connectivity index (χ3n) is 4.78. The first-order valence-corrected chi connectivity index (χ1v) is 6.80. The van der Waals surface area contributed by atoms with Crippen molar-refractivity contribution in [1.29, 1.82) is 0 Å². The SMILES string of the molecule is Cn1cccc1CNC(=O)C1C2CCC(C2)C1N. The lowest BCUT2D eigenvalue weighted by atomic mass is 9.84. The van der Waals surface area contributed by atoms with Gasteiger partial charge in [-0.3, -0.25) is 4.79 Å². The molecule has 1 amide bonds. The summed E-state index contributed by atoms with van der Waals surface area (Å²) in [6.45, 7) is 0.600. The molecule has 1 aromatic rings. The van der Waals surface area contributed by atoms with Crippen molar-refractivity contribution < 1.29 is 4.79 Å². The van der Waals surface area contributed by atoms with Crippen LogP contribution in [0.1, 0.15) is 25.0 Å². The van der Waals surface area contributed by atoms with E-state index < -0.39 is 0 Å². The van der Waals surface area contributed by atoms with Gasteiger partial charge < -0.3 is 15.6 Å². The summed E-state index contributed by atoms with van der Waals surface area (Å²) in [4.78, 5) is 12.3. The lowest BCUT2D eigenvalue weighted by molar-refractivity contribution is -0.127. The molecule has 98 valence electrons. The molecule has 18 heavy (non-hydrogen) atoms. The van der Waals surface area contributed by atoms with Gasteiger partial charge in [0, 0.05) is 25.0 Å². The van der Waals surface area contributed by atoms with E-state index in [9.17, 15) is 4.79 Å². The minimum atomic E-state index is 0.0454. The Bertz CT molecular complexity index is 452. The molecule has 4 unspecified atom stereocenters. The molecule has 0 spiro atoms.